The molecule has 2 heterocycles. The molecule has 10 heteroatoms. The first kappa shape index (κ1) is 24.3. The number of carbonyl (C=O) groups excluding carboxylic acids is 2. The van der Waals surface area contributed by atoms with Crippen molar-refractivity contribution in [2.24, 2.45) is 22.1 Å². The van der Waals surface area contributed by atoms with Crippen LogP contribution >= 0.6 is 15.9 Å². The summed E-state index contributed by atoms with van der Waals surface area (Å²) in [4.78, 5) is 39.6. The van der Waals surface area contributed by atoms with Crippen LogP contribution in [0.5, 0.6) is 5.88 Å². The second-order valence-electron chi connectivity index (χ2n) is 8.73. The molecule has 1 aromatic carbocycles. The molecule has 1 N–H and O–H groups in total. The molecule has 0 fully saturated rings. The molecule has 3 rings (SSSR count). The third-order valence-corrected chi connectivity index (χ3v) is 5.82. The zero-order valence-electron chi connectivity index (χ0n) is 19.0. The minimum absolute atomic E-state index is 0.0229. The van der Waals surface area contributed by atoms with Crippen molar-refractivity contribution >= 4 is 39.1 Å². The Morgan fingerprint density at radius 3 is 2.21 bits per heavy atom. The van der Waals surface area contributed by atoms with E-state index in [0.717, 1.165) is 4.57 Å². The number of aromatic nitrogens is 1. The van der Waals surface area contributed by atoms with Gasteiger partial charge in [0.2, 0.25) is 5.88 Å². The third kappa shape index (κ3) is 4.33. The number of pyridine rings is 1. The van der Waals surface area contributed by atoms with Gasteiger partial charge in [-0.2, -0.15) is 5.26 Å². The maximum atomic E-state index is 13.0. The minimum Gasteiger partial charge on any atom is -0.493 e. The van der Waals surface area contributed by atoms with E-state index in [9.17, 15) is 24.8 Å². The second kappa shape index (κ2) is 9.27. The van der Waals surface area contributed by atoms with Crippen molar-refractivity contribution in [3.8, 4) is 11.9 Å². The normalized spacial score (nSPS) is 13.5. The van der Waals surface area contributed by atoms with E-state index in [2.05, 4.69) is 26.2 Å². The van der Waals surface area contributed by atoms with Crippen molar-refractivity contribution in [3.63, 3.8) is 0 Å². The number of hydrogen-bond donors (Lipinski definition) is 1. The van der Waals surface area contributed by atoms with Gasteiger partial charge in [-0.3, -0.25) is 23.9 Å². The van der Waals surface area contributed by atoms with Crippen molar-refractivity contribution in [2.75, 3.05) is 6.54 Å². The van der Waals surface area contributed by atoms with Crippen LogP contribution in [0.4, 0.5) is 11.4 Å². The highest BCUT2D eigenvalue weighted by Crippen LogP contribution is 2.40. The number of amides is 2. The van der Waals surface area contributed by atoms with Crippen molar-refractivity contribution in [1.29, 1.82) is 5.26 Å². The molecular formula is C23H24BrN5O4. The average Bonchev–Trinajstić information content (AvgIpc) is 2.97. The fraction of sp³-hybridized carbons (Fsp3) is 0.391. The summed E-state index contributed by atoms with van der Waals surface area (Å²) in [6.45, 7) is 9.51. The second-order valence-corrected chi connectivity index (χ2v) is 9.58. The predicted octanol–water partition coefficient (Wildman–Crippen LogP) is 4.82. The van der Waals surface area contributed by atoms with E-state index in [0.29, 0.717) is 4.47 Å². The van der Waals surface area contributed by atoms with E-state index < -0.39 is 23.3 Å². The lowest BCUT2D eigenvalue weighted by Gasteiger charge is -2.16. The van der Waals surface area contributed by atoms with Crippen molar-refractivity contribution in [2.45, 2.75) is 41.2 Å². The fourth-order valence-corrected chi connectivity index (χ4v) is 4.06. The number of fused-ring (bicyclic) bond motifs is 1. The molecule has 0 saturated carbocycles. The van der Waals surface area contributed by atoms with Gasteiger partial charge in [0.25, 0.3) is 17.4 Å². The Morgan fingerprint density at radius 2 is 1.64 bits per heavy atom. The summed E-state index contributed by atoms with van der Waals surface area (Å²) in [7, 11) is 0. The molecule has 9 nitrogen and oxygen atoms in total. The van der Waals surface area contributed by atoms with Crippen LogP contribution in [0.3, 0.4) is 0 Å². The van der Waals surface area contributed by atoms with E-state index in [1.165, 1.54) is 11.8 Å². The summed E-state index contributed by atoms with van der Waals surface area (Å²) in [5, 5.41) is 28.6. The van der Waals surface area contributed by atoms with Gasteiger partial charge in [0.1, 0.15) is 17.3 Å². The van der Waals surface area contributed by atoms with Gasteiger partial charge in [0.15, 0.2) is 5.69 Å². The van der Waals surface area contributed by atoms with E-state index in [4.69, 9.17) is 0 Å². The zero-order valence-corrected chi connectivity index (χ0v) is 20.6. The Bertz CT molecular complexity index is 1290. The fourth-order valence-electron chi connectivity index (χ4n) is 3.65. The number of azo groups is 1. The topological polar surface area (TPSA) is 128 Å². The van der Waals surface area contributed by atoms with Crippen molar-refractivity contribution < 1.29 is 14.7 Å². The molecule has 172 valence electrons. The highest BCUT2D eigenvalue weighted by Gasteiger charge is 2.38. The molecule has 0 radical (unpaired) electrons. The first-order valence-electron chi connectivity index (χ1n) is 10.5. The number of halogens is 1. The van der Waals surface area contributed by atoms with Gasteiger partial charge in [0, 0.05) is 23.1 Å². The number of imide groups is 1. The third-order valence-electron chi connectivity index (χ3n) is 5.18. The quantitative estimate of drug-likeness (QED) is 0.437. The smallest absolute Gasteiger partial charge is 0.271 e. The van der Waals surface area contributed by atoms with Crippen LogP contribution in [-0.2, 0) is 6.54 Å². The van der Waals surface area contributed by atoms with Crippen LogP contribution in [0, 0.1) is 30.1 Å². The van der Waals surface area contributed by atoms with Gasteiger partial charge in [0.05, 0.1) is 11.1 Å². The molecule has 0 atom stereocenters. The molecular weight excluding hydrogens is 490 g/mol. The van der Waals surface area contributed by atoms with Crippen LogP contribution in [0.2, 0.25) is 0 Å². The van der Waals surface area contributed by atoms with Gasteiger partial charge >= 0.3 is 0 Å². The van der Waals surface area contributed by atoms with Gasteiger partial charge in [-0.05, 0) is 46.8 Å². The standard InChI is InChI=1S/C23H24BrN5O4/c1-11(2)9-28-20(30)14-6-7-16(24)19(17(14)22(28)32)27-26-18-13(5)15(8-25)21(31)29(23(18)33)10-12(3)4/h6-7,11-12,33H,9-10H2,1-5H3. The summed E-state index contributed by atoms with van der Waals surface area (Å²) in [6, 6.07) is 5.03. The molecule has 0 saturated heterocycles. The predicted molar refractivity (Wildman–Crippen MR) is 125 cm³/mol. The summed E-state index contributed by atoms with van der Waals surface area (Å²) >= 11 is 3.36. The van der Waals surface area contributed by atoms with Crippen LogP contribution in [0.15, 0.2) is 31.6 Å². The Balaban J connectivity index is 2.18. The number of aromatic hydroxyl groups is 1. The molecule has 33 heavy (non-hydrogen) atoms. The highest BCUT2D eigenvalue weighted by molar-refractivity contribution is 9.10. The highest BCUT2D eigenvalue weighted by atomic mass is 79.9. The lowest BCUT2D eigenvalue weighted by molar-refractivity contribution is 0.0636. The molecule has 1 aromatic heterocycles. The van der Waals surface area contributed by atoms with Gasteiger partial charge in [-0.15, -0.1) is 10.2 Å². The van der Waals surface area contributed by atoms with E-state index in [1.54, 1.807) is 12.1 Å². The van der Waals surface area contributed by atoms with Crippen LogP contribution in [0.25, 0.3) is 0 Å². The first-order valence-corrected chi connectivity index (χ1v) is 11.3. The molecule has 2 amide bonds. The monoisotopic (exact) mass is 513 g/mol. The summed E-state index contributed by atoms with van der Waals surface area (Å²) in [5.41, 5.74) is -0.145. The summed E-state index contributed by atoms with van der Waals surface area (Å²) in [5.74, 6) is -1.17. The molecule has 1 aliphatic rings. The average molecular weight is 514 g/mol. The Hall–Kier alpha value is -3.32. The van der Waals surface area contributed by atoms with Crippen LogP contribution in [0.1, 0.15) is 59.5 Å². The maximum absolute atomic E-state index is 13.0. The molecule has 0 unspecified atom stereocenters. The van der Waals surface area contributed by atoms with Crippen LogP contribution < -0.4 is 5.56 Å². The largest absolute Gasteiger partial charge is 0.493 e. The number of nitriles is 1. The van der Waals surface area contributed by atoms with Gasteiger partial charge in [-0.1, -0.05) is 27.7 Å². The molecule has 0 bridgehead atoms. The number of benzene rings is 1. The van der Waals surface area contributed by atoms with Gasteiger partial charge in [-0.25, -0.2) is 0 Å². The number of nitrogens with zero attached hydrogens (tertiary/aromatic N) is 5. The van der Waals surface area contributed by atoms with Crippen LogP contribution in [-0.4, -0.2) is 32.9 Å². The minimum atomic E-state index is -0.605. The van der Waals surface area contributed by atoms with E-state index >= 15 is 0 Å². The molecule has 0 aliphatic carbocycles. The number of hydrogen-bond acceptors (Lipinski definition) is 7. The summed E-state index contributed by atoms with van der Waals surface area (Å²) < 4.78 is 1.53. The van der Waals surface area contributed by atoms with E-state index in [-0.39, 0.29) is 58.6 Å². The van der Waals surface area contributed by atoms with E-state index in [1.807, 2.05) is 33.8 Å². The summed E-state index contributed by atoms with van der Waals surface area (Å²) in [6.07, 6.45) is 0. The number of rotatable bonds is 6. The SMILES string of the molecule is Cc1c(N=Nc2c(Br)ccc3c2C(=O)N(CC(C)C)C3=O)c(O)n(CC(C)C)c(=O)c1C#N. The van der Waals surface area contributed by atoms with Gasteiger partial charge < -0.3 is 5.11 Å². The lowest BCUT2D eigenvalue weighted by Crippen LogP contribution is -2.33. The molecule has 0 spiro atoms. The molecule has 1 aliphatic heterocycles. The Kier molecular flexibility index (Phi) is 6.84. The lowest BCUT2D eigenvalue weighted by atomic mass is 10.1. The molecule has 2 aromatic rings. The first-order chi connectivity index (χ1) is 15.5. The Morgan fingerprint density at radius 1 is 1.03 bits per heavy atom. The maximum Gasteiger partial charge on any atom is 0.271 e. The van der Waals surface area contributed by atoms with Crippen molar-refractivity contribution in [1.82, 2.24) is 9.47 Å². The number of carbonyl (C=O) groups is 2. The van der Waals surface area contributed by atoms with Crippen molar-refractivity contribution in [3.05, 3.63) is 49.2 Å². The Labute approximate surface area is 199 Å². The zero-order chi connectivity index (χ0) is 24.6.